The Balaban J connectivity index is 1.49. The molecule has 3 heterocycles. The molecule has 2 aromatic heterocycles. The van der Waals surface area contributed by atoms with Crippen molar-refractivity contribution < 1.29 is 4.52 Å². The van der Waals surface area contributed by atoms with Crippen LogP contribution in [0.5, 0.6) is 0 Å². The van der Waals surface area contributed by atoms with Crippen molar-refractivity contribution in [2.45, 2.75) is 19.0 Å². The van der Waals surface area contributed by atoms with Crippen LogP contribution in [0.3, 0.4) is 0 Å². The van der Waals surface area contributed by atoms with Gasteiger partial charge in [-0.05, 0) is 19.2 Å². The molecule has 1 saturated heterocycles. The highest BCUT2D eigenvalue weighted by Gasteiger charge is 2.25. The van der Waals surface area contributed by atoms with E-state index in [0.717, 1.165) is 19.6 Å². The van der Waals surface area contributed by atoms with Gasteiger partial charge in [0.2, 0.25) is 5.89 Å². The van der Waals surface area contributed by atoms with E-state index in [1.165, 1.54) is 4.68 Å². The highest BCUT2D eigenvalue weighted by atomic mass is 16.5. The second kappa shape index (κ2) is 6.69. The summed E-state index contributed by atoms with van der Waals surface area (Å²) < 4.78 is 6.67. The molecule has 0 radical (unpaired) electrons. The van der Waals surface area contributed by atoms with E-state index in [1.807, 2.05) is 19.2 Å². The predicted molar refractivity (Wildman–Crippen MR) is 90.0 cm³/mol. The molecule has 1 unspecified atom stereocenters. The maximum Gasteiger partial charge on any atom is 0.277 e. The Kier molecular flexibility index (Phi) is 4.24. The van der Waals surface area contributed by atoms with Gasteiger partial charge in [-0.1, -0.05) is 22.5 Å². The minimum absolute atomic E-state index is 0.106. The van der Waals surface area contributed by atoms with Crippen molar-refractivity contribution in [1.29, 1.82) is 0 Å². The molecule has 0 aliphatic carbocycles. The number of nitrogens with one attached hydrogen (secondary N) is 1. The maximum atomic E-state index is 12.4. The van der Waals surface area contributed by atoms with Crippen LogP contribution in [0.2, 0.25) is 0 Å². The Morgan fingerprint density at radius 3 is 3.12 bits per heavy atom. The number of aromatic nitrogens is 5. The lowest BCUT2D eigenvalue weighted by atomic mass is 10.2. The standard InChI is InChI=1S/C16H19N7O2/c1-22-9-7-17-10-13(22)15-18-14(25-20-15)6-8-23-16(24)11-4-2-3-5-12(11)19-21-23/h2-5,13,17H,6-10H2,1H3. The molecule has 0 saturated carbocycles. The summed E-state index contributed by atoms with van der Waals surface area (Å²) in [7, 11) is 2.05. The van der Waals surface area contributed by atoms with Gasteiger partial charge < -0.3 is 9.84 Å². The first-order chi connectivity index (χ1) is 12.2. The first-order valence-electron chi connectivity index (χ1n) is 8.28. The molecule has 1 fully saturated rings. The molecule has 130 valence electrons. The van der Waals surface area contributed by atoms with Crippen LogP contribution >= 0.6 is 0 Å². The maximum absolute atomic E-state index is 12.4. The third-order valence-corrected chi connectivity index (χ3v) is 4.46. The number of piperazine rings is 1. The van der Waals surface area contributed by atoms with Crippen molar-refractivity contribution in [1.82, 2.24) is 35.4 Å². The van der Waals surface area contributed by atoms with Gasteiger partial charge in [0.25, 0.3) is 5.56 Å². The van der Waals surface area contributed by atoms with Gasteiger partial charge in [-0.15, -0.1) is 5.10 Å². The van der Waals surface area contributed by atoms with Crippen LogP contribution < -0.4 is 10.9 Å². The van der Waals surface area contributed by atoms with Crippen molar-refractivity contribution in [3.63, 3.8) is 0 Å². The van der Waals surface area contributed by atoms with E-state index >= 15 is 0 Å². The lowest BCUT2D eigenvalue weighted by molar-refractivity contribution is 0.190. The highest BCUT2D eigenvalue weighted by molar-refractivity contribution is 5.76. The molecule has 1 aromatic carbocycles. The Bertz CT molecular complexity index is 935. The molecule has 0 spiro atoms. The SMILES string of the molecule is CN1CCNCC1c1noc(CCn2nnc3ccccc3c2=O)n1. The van der Waals surface area contributed by atoms with Crippen LogP contribution in [0, 0.1) is 0 Å². The van der Waals surface area contributed by atoms with Crippen LogP contribution in [-0.2, 0) is 13.0 Å². The predicted octanol–water partition coefficient (Wildman–Crippen LogP) is -0.00670. The highest BCUT2D eigenvalue weighted by Crippen LogP contribution is 2.17. The van der Waals surface area contributed by atoms with Crippen LogP contribution in [0.25, 0.3) is 10.9 Å². The first kappa shape index (κ1) is 15.9. The number of aryl methyl sites for hydroxylation is 2. The van der Waals surface area contributed by atoms with E-state index < -0.39 is 0 Å². The minimum atomic E-state index is -0.165. The zero-order valence-corrected chi connectivity index (χ0v) is 13.9. The third kappa shape index (κ3) is 3.15. The Morgan fingerprint density at radius 2 is 2.24 bits per heavy atom. The lowest BCUT2D eigenvalue weighted by Gasteiger charge is -2.30. The van der Waals surface area contributed by atoms with Crippen LogP contribution in [0.15, 0.2) is 33.6 Å². The molecule has 1 aliphatic rings. The molecular weight excluding hydrogens is 322 g/mol. The van der Waals surface area contributed by atoms with E-state index in [0.29, 0.717) is 35.6 Å². The third-order valence-electron chi connectivity index (χ3n) is 4.46. The molecule has 1 N–H and O–H groups in total. The number of hydrogen-bond acceptors (Lipinski definition) is 8. The number of nitrogens with zero attached hydrogens (tertiary/aromatic N) is 6. The van der Waals surface area contributed by atoms with E-state index in [-0.39, 0.29) is 11.6 Å². The van der Waals surface area contributed by atoms with Gasteiger partial charge in [0, 0.05) is 26.1 Å². The fourth-order valence-electron chi connectivity index (χ4n) is 2.97. The van der Waals surface area contributed by atoms with Crippen LogP contribution in [0.1, 0.15) is 17.8 Å². The summed E-state index contributed by atoms with van der Waals surface area (Å²) in [5.41, 5.74) is 0.429. The van der Waals surface area contributed by atoms with Crippen molar-refractivity contribution in [3.05, 3.63) is 46.3 Å². The zero-order valence-electron chi connectivity index (χ0n) is 13.9. The largest absolute Gasteiger partial charge is 0.339 e. The average Bonchev–Trinajstić information content (AvgIpc) is 3.10. The Hall–Kier alpha value is -2.65. The van der Waals surface area contributed by atoms with Gasteiger partial charge >= 0.3 is 0 Å². The molecule has 1 atom stereocenters. The molecular formula is C16H19N7O2. The van der Waals surface area contributed by atoms with Crippen molar-refractivity contribution in [3.8, 4) is 0 Å². The molecule has 0 amide bonds. The van der Waals surface area contributed by atoms with Crippen LogP contribution in [-0.4, -0.2) is 56.7 Å². The van der Waals surface area contributed by atoms with Crippen molar-refractivity contribution >= 4 is 10.9 Å². The van der Waals surface area contributed by atoms with E-state index in [1.54, 1.807) is 12.1 Å². The van der Waals surface area contributed by atoms with Gasteiger partial charge in [0.15, 0.2) is 5.82 Å². The number of rotatable bonds is 4. The normalized spacial score (nSPS) is 18.7. The summed E-state index contributed by atoms with van der Waals surface area (Å²) in [6.07, 6.45) is 0.434. The van der Waals surface area contributed by atoms with Gasteiger partial charge in [-0.2, -0.15) is 4.98 Å². The topological polar surface area (TPSA) is 102 Å². The summed E-state index contributed by atoms with van der Waals surface area (Å²) in [6.45, 7) is 3.04. The van der Waals surface area contributed by atoms with Gasteiger partial charge in [-0.3, -0.25) is 9.69 Å². The number of fused-ring (bicyclic) bond motifs is 1. The van der Waals surface area contributed by atoms with Gasteiger partial charge in [0.05, 0.1) is 18.0 Å². The lowest BCUT2D eigenvalue weighted by Crippen LogP contribution is -2.44. The van der Waals surface area contributed by atoms with E-state index in [9.17, 15) is 4.79 Å². The zero-order chi connectivity index (χ0) is 17.2. The Labute approximate surface area is 143 Å². The first-order valence-corrected chi connectivity index (χ1v) is 8.28. The quantitative estimate of drug-likeness (QED) is 0.707. The second-order valence-electron chi connectivity index (χ2n) is 6.13. The molecule has 9 nitrogen and oxygen atoms in total. The minimum Gasteiger partial charge on any atom is -0.339 e. The molecule has 0 bridgehead atoms. The molecule has 4 rings (SSSR count). The molecule has 25 heavy (non-hydrogen) atoms. The molecule has 3 aromatic rings. The van der Waals surface area contributed by atoms with E-state index in [2.05, 4.69) is 30.7 Å². The molecule has 1 aliphatic heterocycles. The summed E-state index contributed by atoms with van der Waals surface area (Å²) in [5.74, 6) is 1.16. The monoisotopic (exact) mass is 341 g/mol. The van der Waals surface area contributed by atoms with Crippen molar-refractivity contribution in [2.75, 3.05) is 26.7 Å². The Morgan fingerprint density at radius 1 is 1.36 bits per heavy atom. The van der Waals surface area contributed by atoms with Gasteiger partial charge in [0.1, 0.15) is 5.52 Å². The fourth-order valence-corrected chi connectivity index (χ4v) is 2.97. The van der Waals surface area contributed by atoms with Gasteiger partial charge in [-0.25, -0.2) is 4.68 Å². The summed E-state index contributed by atoms with van der Waals surface area (Å²) >= 11 is 0. The average molecular weight is 341 g/mol. The number of benzene rings is 1. The summed E-state index contributed by atoms with van der Waals surface area (Å²) in [6, 6.07) is 7.27. The summed E-state index contributed by atoms with van der Waals surface area (Å²) in [4.78, 5) is 19.1. The number of likely N-dealkylation sites (N-methyl/N-ethyl adjacent to an activating group) is 1. The number of hydrogen-bond donors (Lipinski definition) is 1. The van der Waals surface area contributed by atoms with Crippen molar-refractivity contribution in [2.24, 2.45) is 0 Å². The smallest absolute Gasteiger partial charge is 0.277 e. The second-order valence-corrected chi connectivity index (χ2v) is 6.13. The summed E-state index contributed by atoms with van der Waals surface area (Å²) in [5, 5.41) is 16.0. The fraction of sp³-hybridized carbons (Fsp3) is 0.438. The molecule has 9 heteroatoms. The van der Waals surface area contributed by atoms with Crippen LogP contribution in [0.4, 0.5) is 0 Å². The van der Waals surface area contributed by atoms with E-state index in [4.69, 9.17) is 4.52 Å².